The van der Waals surface area contributed by atoms with E-state index in [0.29, 0.717) is 0 Å². The van der Waals surface area contributed by atoms with Crippen molar-refractivity contribution in [3.8, 4) is 0 Å². The zero-order valence-electron chi connectivity index (χ0n) is 8.38. The summed E-state index contributed by atoms with van der Waals surface area (Å²) in [6.07, 6.45) is 0. The number of hydrogen-bond acceptors (Lipinski definition) is 4. The number of ketones is 1. The van der Waals surface area contributed by atoms with E-state index >= 15 is 0 Å². The first-order valence-electron chi connectivity index (χ1n) is 4.59. The third-order valence-corrected chi connectivity index (χ3v) is 2.11. The minimum Gasteiger partial charge on any atom is -0.481 e. The summed E-state index contributed by atoms with van der Waals surface area (Å²) < 4.78 is 0. The maximum absolute atomic E-state index is 11.7. The van der Waals surface area contributed by atoms with Crippen molar-refractivity contribution in [2.45, 2.75) is 0 Å². The van der Waals surface area contributed by atoms with Crippen LogP contribution in [0.25, 0.3) is 0 Å². The van der Waals surface area contributed by atoms with E-state index in [9.17, 15) is 9.59 Å². The molecule has 0 aliphatic rings. The SMILES string of the molecule is N=C(C(=O)c1ccccc1)[C@H](CO)C(=O)O. The van der Waals surface area contributed by atoms with Gasteiger partial charge in [-0.3, -0.25) is 9.59 Å². The van der Waals surface area contributed by atoms with Crippen LogP contribution in [0.15, 0.2) is 30.3 Å². The van der Waals surface area contributed by atoms with E-state index in [2.05, 4.69) is 0 Å². The first kappa shape index (κ1) is 12.1. The van der Waals surface area contributed by atoms with Crippen molar-refractivity contribution in [3.63, 3.8) is 0 Å². The van der Waals surface area contributed by atoms with Gasteiger partial charge in [-0.25, -0.2) is 0 Å². The van der Waals surface area contributed by atoms with Crippen LogP contribution in [0.2, 0.25) is 0 Å². The molecule has 0 unspecified atom stereocenters. The number of benzene rings is 1. The average Bonchev–Trinajstić information content (AvgIpc) is 2.29. The van der Waals surface area contributed by atoms with E-state index in [1.807, 2.05) is 0 Å². The topological polar surface area (TPSA) is 98.5 Å². The Hall–Kier alpha value is -2.01. The molecule has 0 saturated heterocycles. The zero-order valence-corrected chi connectivity index (χ0v) is 8.38. The lowest BCUT2D eigenvalue weighted by Crippen LogP contribution is -2.32. The van der Waals surface area contributed by atoms with E-state index in [0.717, 1.165) is 0 Å². The number of carbonyl (C=O) groups is 2. The highest BCUT2D eigenvalue weighted by Crippen LogP contribution is 2.07. The molecular weight excluding hydrogens is 210 g/mol. The summed E-state index contributed by atoms with van der Waals surface area (Å²) in [6, 6.07) is 7.94. The number of carboxylic acid groups (broad SMARTS) is 1. The molecule has 5 nitrogen and oxygen atoms in total. The number of carboxylic acids is 1. The summed E-state index contributed by atoms with van der Waals surface area (Å²) in [5.74, 6) is -3.52. The smallest absolute Gasteiger partial charge is 0.315 e. The number of rotatable bonds is 5. The number of nitrogens with one attached hydrogen (secondary N) is 1. The first-order chi connectivity index (χ1) is 7.57. The van der Waals surface area contributed by atoms with Gasteiger partial charge in [-0.15, -0.1) is 0 Å². The van der Waals surface area contributed by atoms with Crippen LogP contribution in [-0.4, -0.2) is 34.3 Å². The zero-order chi connectivity index (χ0) is 12.1. The maximum Gasteiger partial charge on any atom is 0.315 e. The summed E-state index contributed by atoms with van der Waals surface area (Å²) in [6.45, 7) is -0.757. The molecule has 1 aromatic rings. The summed E-state index contributed by atoms with van der Waals surface area (Å²) in [4.78, 5) is 22.3. The van der Waals surface area contributed by atoms with Crippen LogP contribution in [0, 0.1) is 11.3 Å². The van der Waals surface area contributed by atoms with Crippen LogP contribution in [0.1, 0.15) is 10.4 Å². The highest BCUT2D eigenvalue weighted by molar-refractivity contribution is 6.47. The van der Waals surface area contributed by atoms with Gasteiger partial charge in [0.2, 0.25) is 5.78 Å². The van der Waals surface area contributed by atoms with Gasteiger partial charge in [0.15, 0.2) is 0 Å². The quantitative estimate of drug-likeness (QED) is 0.500. The normalized spacial score (nSPS) is 11.8. The number of aliphatic carboxylic acids is 1. The molecule has 0 saturated carbocycles. The minimum absolute atomic E-state index is 0.243. The Morgan fingerprint density at radius 3 is 2.25 bits per heavy atom. The Balaban J connectivity index is 2.90. The van der Waals surface area contributed by atoms with Gasteiger partial charge in [0.1, 0.15) is 5.92 Å². The Morgan fingerprint density at radius 2 is 1.81 bits per heavy atom. The Labute approximate surface area is 91.9 Å². The Kier molecular flexibility index (Phi) is 3.90. The van der Waals surface area contributed by atoms with Gasteiger partial charge in [-0.05, 0) is 0 Å². The number of aliphatic hydroxyl groups excluding tert-OH is 1. The molecule has 0 fully saturated rings. The average molecular weight is 221 g/mol. The van der Waals surface area contributed by atoms with Crippen LogP contribution in [0.5, 0.6) is 0 Å². The monoisotopic (exact) mass is 221 g/mol. The van der Waals surface area contributed by atoms with Gasteiger partial charge >= 0.3 is 5.97 Å². The molecule has 1 aromatic carbocycles. The van der Waals surface area contributed by atoms with Gasteiger partial charge in [0.05, 0.1) is 12.3 Å². The van der Waals surface area contributed by atoms with Crippen LogP contribution in [0.4, 0.5) is 0 Å². The fourth-order valence-electron chi connectivity index (χ4n) is 1.20. The molecule has 0 aliphatic heterocycles. The molecule has 0 amide bonds. The number of hydrogen-bond donors (Lipinski definition) is 3. The summed E-state index contributed by atoms with van der Waals surface area (Å²) in [7, 11) is 0. The molecule has 0 aliphatic carbocycles. The molecule has 1 atom stereocenters. The van der Waals surface area contributed by atoms with E-state index < -0.39 is 30.0 Å². The molecule has 0 heterocycles. The van der Waals surface area contributed by atoms with Gasteiger partial charge in [-0.2, -0.15) is 0 Å². The van der Waals surface area contributed by atoms with Crippen molar-refractivity contribution in [3.05, 3.63) is 35.9 Å². The highest BCUT2D eigenvalue weighted by atomic mass is 16.4. The van der Waals surface area contributed by atoms with Gasteiger partial charge < -0.3 is 15.6 Å². The summed E-state index contributed by atoms with van der Waals surface area (Å²) in [5, 5.41) is 24.9. The maximum atomic E-state index is 11.7. The first-order valence-corrected chi connectivity index (χ1v) is 4.59. The molecule has 1 rings (SSSR count). The van der Waals surface area contributed by atoms with Crippen LogP contribution < -0.4 is 0 Å². The fourth-order valence-corrected chi connectivity index (χ4v) is 1.20. The van der Waals surface area contributed by atoms with Gasteiger partial charge in [0, 0.05) is 5.56 Å². The molecule has 0 spiro atoms. The molecule has 0 radical (unpaired) electrons. The van der Waals surface area contributed by atoms with E-state index in [4.69, 9.17) is 15.6 Å². The van der Waals surface area contributed by atoms with Crippen molar-refractivity contribution in [1.29, 1.82) is 5.41 Å². The van der Waals surface area contributed by atoms with Crippen molar-refractivity contribution in [1.82, 2.24) is 0 Å². The standard InChI is InChI=1S/C11H11NO4/c12-9(8(6-13)11(15)16)10(14)7-4-2-1-3-5-7/h1-5,8,12-13H,6H2,(H,15,16)/t8-/m0/s1. The fraction of sp³-hybridized carbons (Fsp3) is 0.182. The molecule has 3 N–H and O–H groups in total. The number of Topliss-reactive ketones (excluding diaryl/α,β-unsaturated/α-hetero) is 1. The number of aliphatic hydroxyl groups is 1. The number of carbonyl (C=O) groups excluding carboxylic acids is 1. The molecule has 5 heteroatoms. The second-order valence-electron chi connectivity index (χ2n) is 3.18. The second-order valence-corrected chi connectivity index (χ2v) is 3.18. The second kappa shape index (κ2) is 5.18. The minimum atomic E-state index is -1.47. The Morgan fingerprint density at radius 1 is 1.25 bits per heavy atom. The van der Waals surface area contributed by atoms with Gasteiger partial charge in [-0.1, -0.05) is 30.3 Å². The molecule has 16 heavy (non-hydrogen) atoms. The van der Waals surface area contributed by atoms with Crippen molar-refractivity contribution in [2.24, 2.45) is 5.92 Å². The van der Waals surface area contributed by atoms with Crippen LogP contribution in [-0.2, 0) is 4.79 Å². The Bertz CT molecular complexity index is 413. The van der Waals surface area contributed by atoms with E-state index in [-0.39, 0.29) is 5.56 Å². The third kappa shape index (κ3) is 2.52. The lowest BCUT2D eigenvalue weighted by Gasteiger charge is -2.09. The molecule has 0 bridgehead atoms. The van der Waals surface area contributed by atoms with Gasteiger partial charge in [0.25, 0.3) is 0 Å². The highest BCUT2D eigenvalue weighted by Gasteiger charge is 2.27. The van der Waals surface area contributed by atoms with E-state index in [1.54, 1.807) is 18.2 Å². The van der Waals surface area contributed by atoms with Crippen LogP contribution >= 0.6 is 0 Å². The molecule has 0 aromatic heterocycles. The summed E-state index contributed by atoms with van der Waals surface area (Å²) >= 11 is 0. The van der Waals surface area contributed by atoms with Crippen molar-refractivity contribution in [2.75, 3.05) is 6.61 Å². The van der Waals surface area contributed by atoms with Crippen LogP contribution in [0.3, 0.4) is 0 Å². The van der Waals surface area contributed by atoms with Crippen molar-refractivity contribution < 1.29 is 19.8 Å². The molecule has 84 valence electrons. The lowest BCUT2D eigenvalue weighted by molar-refractivity contribution is -0.140. The third-order valence-electron chi connectivity index (χ3n) is 2.11. The predicted molar refractivity (Wildman–Crippen MR) is 56.7 cm³/mol. The largest absolute Gasteiger partial charge is 0.481 e. The van der Waals surface area contributed by atoms with Crippen molar-refractivity contribution >= 4 is 17.5 Å². The summed E-state index contributed by atoms with van der Waals surface area (Å²) in [5.41, 5.74) is -0.367. The molecular formula is C11H11NO4. The predicted octanol–water partition coefficient (Wildman–Crippen LogP) is 0.582. The lowest BCUT2D eigenvalue weighted by atomic mass is 9.96. The van der Waals surface area contributed by atoms with E-state index in [1.165, 1.54) is 12.1 Å².